The van der Waals surface area contributed by atoms with Crippen LogP contribution in [0.25, 0.3) is 11.1 Å². The van der Waals surface area contributed by atoms with Gasteiger partial charge in [-0.3, -0.25) is 9.78 Å². The van der Waals surface area contributed by atoms with E-state index in [2.05, 4.69) is 10.3 Å². The third kappa shape index (κ3) is 5.93. The highest BCUT2D eigenvalue weighted by Crippen LogP contribution is 2.44. The van der Waals surface area contributed by atoms with Crippen molar-refractivity contribution in [3.8, 4) is 11.1 Å². The van der Waals surface area contributed by atoms with Crippen LogP contribution in [0.5, 0.6) is 0 Å². The van der Waals surface area contributed by atoms with E-state index in [-0.39, 0.29) is 48.2 Å². The molecule has 0 atom stereocenters. The number of carbonyl (C=O) groups excluding carboxylic acids is 1. The lowest BCUT2D eigenvalue weighted by molar-refractivity contribution is -0.113. The number of hydrazine groups is 1. The molecule has 2 aliphatic carbocycles. The first-order valence-corrected chi connectivity index (χ1v) is 11.7. The molecule has 2 aromatic rings. The van der Waals surface area contributed by atoms with Crippen LogP contribution >= 0.6 is 0 Å². The molecule has 4 rings (SSSR count). The molecular formula is C25H29F4N5O. The van der Waals surface area contributed by atoms with E-state index in [1.807, 2.05) is 0 Å². The number of hydrogen-bond acceptors (Lipinski definition) is 5. The van der Waals surface area contributed by atoms with Crippen molar-refractivity contribution in [1.29, 1.82) is 0 Å². The van der Waals surface area contributed by atoms with Crippen molar-refractivity contribution in [1.82, 2.24) is 9.99 Å². The van der Waals surface area contributed by atoms with Crippen LogP contribution in [0.15, 0.2) is 42.4 Å². The molecule has 35 heavy (non-hydrogen) atoms. The molecule has 1 amide bonds. The van der Waals surface area contributed by atoms with E-state index in [0.717, 1.165) is 37.5 Å². The average Bonchev–Trinajstić information content (AvgIpc) is 2.78. The van der Waals surface area contributed by atoms with E-state index in [0.29, 0.717) is 18.2 Å². The molecule has 2 aliphatic rings. The Balaban J connectivity index is 1.67. The van der Waals surface area contributed by atoms with Gasteiger partial charge in [-0.05, 0) is 55.9 Å². The van der Waals surface area contributed by atoms with Crippen LogP contribution in [0.4, 0.5) is 23.2 Å². The third-order valence-corrected chi connectivity index (χ3v) is 6.80. The fourth-order valence-electron chi connectivity index (χ4n) is 4.61. The molecule has 0 radical (unpaired) electrons. The summed E-state index contributed by atoms with van der Waals surface area (Å²) in [4.78, 5) is 17.3. The van der Waals surface area contributed by atoms with Crippen LogP contribution in [0.3, 0.4) is 0 Å². The zero-order chi connectivity index (χ0) is 25.2. The van der Waals surface area contributed by atoms with Gasteiger partial charge >= 0.3 is 0 Å². The summed E-state index contributed by atoms with van der Waals surface area (Å²) in [6.07, 6.45) is 5.64. The van der Waals surface area contributed by atoms with Crippen molar-refractivity contribution in [3.05, 3.63) is 59.7 Å². The molecular weight excluding hydrogens is 462 g/mol. The van der Waals surface area contributed by atoms with Crippen molar-refractivity contribution in [2.75, 3.05) is 11.9 Å². The zero-order valence-corrected chi connectivity index (χ0v) is 19.2. The molecule has 10 heteroatoms. The van der Waals surface area contributed by atoms with Gasteiger partial charge in [0.25, 0.3) is 5.91 Å². The highest BCUT2D eigenvalue weighted by molar-refractivity contribution is 6.05. The minimum atomic E-state index is -2.76. The second-order valence-electron chi connectivity index (χ2n) is 9.41. The number of anilines is 1. The Kier molecular flexibility index (Phi) is 7.30. The maximum atomic E-state index is 14.7. The lowest BCUT2D eigenvalue weighted by atomic mass is 9.83. The van der Waals surface area contributed by atoms with Gasteiger partial charge in [0.2, 0.25) is 5.92 Å². The number of carbonyl (C=O) groups is 1. The standard InChI is InChI=1S/C25H29F4N5O/c26-17-4-5-20(27)19(12-17)18-8-11-32-22(16-6-9-25(28,29)10-7-16)23(18)33-24(35)21(30)14-34(31)13-15-2-1-3-15/h4-5,8,11-12,14-16H,1-3,6-7,9-10,13,30-31H2,(H,33,35)/b21-14-. The van der Waals surface area contributed by atoms with Crippen LogP contribution in [0, 0.1) is 17.6 Å². The van der Waals surface area contributed by atoms with Gasteiger partial charge in [-0.2, -0.15) is 0 Å². The first-order valence-electron chi connectivity index (χ1n) is 11.7. The van der Waals surface area contributed by atoms with Gasteiger partial charge in [0.15, 0.2) is 0 Å². The average molecular weight is 492 g/mol. The van der Waals surface area contributed by atoms with Gasteiger partial charge in [-0.1, -0.05) is 6.42 Å². The molecule has 0 unspecified atom stereocenters. The first-order chi connectivity index (χ1) is 16.6. The number of benzene rings is 1. The van der Waals surface area contributed by atoms with Crippen molar-refractivity contribution in [2.24, 2.45) is 17.5 Å². The molecule has 0 saturated heterocycles. The second-order valence-corrected chi connectivity index (χ2v) is 9.41. The highest BCUT2D eigenvalue weighted by Gasteiger charge is 2.37. The SMILES string of the molecule is N/C(=C\N(N)CC1CCC1)C(=O)Nc1c(-c2cc(F)ccc2F)ccnc1C1CCC(F)(F)CC1. The van der Waals surface area contributed by atoms with Crippen molar-refractivity contribution in [3.63, 3.8) is 0 Å². The quantitative estimate of drug-likeness (QED) is 0.218. The molecule has 1 aromatic carbocycles. The number of nitrogens with one attached hydrogen (secondary N) is 1. The van der Waals surface area contributed by atoms with E-state index >= 15 is 0 Å². The van der Waals surface area contributed by atoms with Crippen LogP contribution in [-0.2, 0) is 4.79 Å². The Morgan fingerprint density at radius 3 is 2.51 bits per heavy atom. The van der Waals surface area contributed by atoms with Gasteiger partial charge in [-0.25, -0.2) is 23.4 Å². The van der Waals surface area contributed by atoms with Crippen LogP contribution in [0.2, 0.25) is 0 Å². The molecule has 1 aromatic heterocycles. The Morgan fingerprint density at radius 2 is 1.86 bits per heavy atom. The summed E-state index contributed by atoms with van der Waals surface area (Å²) in [7, 11) is 0. The largest absolute Gasteiger partial charge is 0.393 e. The van der Waals surface area contributed by atoms with Crippen LogP contribution in [0.1, 0.15) is 56.6 Å². The lowest BCUT2D eigenvalue weighted by Crippen LogP contribution is -2.35. The zero-order valence-electron chi connectivity index (χ0n) is 19.2. The molecule has 0 spiro atoms. The van der Waals surface area contributed by atoms with E-state index in [4.69, 9.17) is 11.6 Å². The predicted octanol–water partition coefficient (Wildman–Crippen LogP) is 5.03. The number of pyridine rings is 1. The number of nitrogens with zero attached hydrogens (tertiary/aromatic N) is 2. The van der Waals surface area contributed by atoms with Gasteiger partial charge in [-0.15, -0.1) is 0 Å². The van der Waals surface area contributed by atoms with Crippen LogP contribution < -0.4 is 16.9 Å². The highest BCUT2D eigenvalue weighted by atomic mass is 19.3. The number of halogens is 4. The van der Waals surface area contributed by atoms with Crippen LogP contribution in [-0.4, -0.2) is 28.4 Å². The van der Waals surface area contributed by atoms with Crippen molar-refractivity contribution in [2.45, 2.75) is 56.8 Å². The summed E-state index contributed by atoms with van der Waals surface area (Å²) in [5, 5.41) is 4.04. The topological polar surface area (TPSA) is 97.3 Å². The molecule has 6 nitrogen and oxygen atoms in total. The minimum Gasteiger partial charge on any atom is -0.393 e. The minimum absolute atomic E-state index is 0.0851. The number of hydrogen-bond donors (Lipinski definition) is 3. The number of alkyl halides is 2. The van der Waals surface area contributed by atoms with Gasteiger partial charge in [0.1, 0.15) is 17.3 Å². The maximum Gasteiger partial charge on any atom is 0.273 e. The second kappa shape index (κ2) is 10.2. The Morgan fingerprint density at radius 1 is 1.14 bits per heavy atom. The molecule has 5 N–H and O–H groups in total. The fraction of sp³-hybridized carbons (Fsp3) is 0.440. The lowest BCUT2D eigenvalue weighted by Gasteiger charge is -2.30. The summed E-state index contributed by atoms with van der Waals surface area (Å²) in [6, 6.07) is 4.43. The Labute approximate surface area is 201 Å². The maximum absolute atomic E-state index is 14.7. The normalized spacial score (nSPS) is 18.7. The molecule has 0 bridgehead atoms. The number of rotatable bonds is 7. The van der Waals surface area contributed by atoms with Gasteiger partial charge < -0.3 is 16.1 Å². The van der Waals surface area contributed by atoms with Crippen molar-refractivity contribution < 1.29 is 22.4 Å². The first kappa shape index (κ1) is 25.0. The van der Waals surface area contributed by atoms with E-state index < -0.39 is 29.4 Å². The number of amides is 1. The molecule has 1 heterocycles. The smallest absolute Gasteiger partial charge is 0.273 e. The molecule has 188 valence electrons. The summed E-state index contributed by atoms with van der Waals surface area (Å²) < 4.78 is 56.2. The predicted molar refractivity (Wildman–Crippen MR) is 125 cm³/mol. The summed E-state index contributed by atoms with van der Waals surface area (Å²) >= 11 is 0. The number of nitrogens with two attached hydrogens (primary N) is 2. The summed E-state index contributed by atoms with van der Waals surface area (Å²) in [5.41, 5.74) is 6.36. The molecule has 2 saturated carbocycles. The molecule has 2 fully saturated rings. The Hall–Kier alpha value is -3.14. The van der Waals surface area contributed by atoms with Crippen molar-refractivity contribution >= 4 is 11.6 Å². The number of aromatic nitrogens is 1. The molecule has 0 aliphatic heterocycles. The fourth-order valence-corrected chi connectivity index (χ4v) is 4.61. The summed E-state index contributed by atoms with van der Waals surface area (Å²) in [6.45, 7) is 0.558. The monoisotopic (exact) mass is 491 g/mol. The van der Waals surface area contributed by atoms with E-state index in [9.17, 15) is 22.4 Å². The van der Waals surface area contributed by atoms with Gasteiger partial charge in [0.05, 0.1) is 11.4 Å². The van der Waals surface area contributed by atoms with Gasteiger partial charge in [0, 0.05) is 48.8 Å². The third-order valence-electron chi connectivity index (χ3n) is 6.80. The summed E-state index contributed by atoms with van der Waals surface area (Å²) in [5.74, 6) is 1.19. The Bertz CT molecular complexity index is 1110. The van der Waals surface area contributed by atoms with E-state index in [1.54, 1.807) is 0 Å². The van der Waals surface area contributed by atoms with E-state index in [1.165, 1.54) is 23.5 Å².